The number of aromatic nitrogens is 3. The largest absolute Gasteiger partial charge is 0.338 e. The van der Waals surface area contributed by atoms with Crippen LogP contribution in [0, 0.1) is 0 Å². The van der Waals surface area contributed by atoms with Crippen LogP contribution < -0.4 is 5.56 Å². The number of H-pyrrole nitrogens is 1. The van der Waals surface area contributed by atoms with Crippen LogP contribution in [0.3, 0.4) is 0 Å². The van der Waals surface area contributed by atoms with Gasteiger partial charge in [-0.2, -0.15) is 5.10 Å². The Hall–Kier alpha value is -3.15. The minimum absolute atomic E-state index is 0.0990. The predicted octanol–water partition coefficient (Wildman–Crippen LogP) is 2.02. The summed E-state index contributed by atoms with van der Waals surface area (Å²) < 4.78 is 1.93. The number of nitrogens with one attached hydrogen (secondary N) is 1. The molecule has 0 spiro atoms. The maximum atomic E-state index is 12.8. The Morgan fingerprint density at radius 1 is 1.12 bits per heavy atom. The Kier molecular flexibility index (Phi) is 4.16. The molecular weight excluding hydrogens is 328 g/mol. The molecule has 1 N–H and O–H groups in total. The van der Waals surface area contributed by atoms with Gasteiger partial charge in [0.2, 0.25) is 5.56 Å². The standard InChI is InChI=1S/C20H20N4O2/c1-23-17-9-12-24(20(26)15-7-10-21-18(25)13-15)11-8-16(17)19(22-23)14-5-3-2-4-6-14/h2-7,10,13H,8-9,11-12H2,1H3,(H,21,25). The molecule has 0 aliphatic carbocycles. The molecule has 1 aliphatic heterocycles. The Morgan fingerprint density at radius 2 is 1.88 bits per heavy atom. The van der Waals surface area contributed by atoms with Gasteiger partial charge in [0.05, 0.1) is 5.69 Å². The van der Waals surface area contributed by atoms with Crippen molar-refractivity contribution in [2.45, 2.75) is 12.8 Å². The molecule has 6 nitrogen and oxygen atoms in total. The molecular formula is C20H20N4O2. The summed E-state index contributed by atoms with van der Waals surface area (Å²) in [6, 6.07) is 13.1. The number of benzene rings is 1. The SMILES string of the molecule is Cn1nc(-c2ccccc2)c2c1CCN(C(=O)c1cc[nH]c(=O)c1)CC2. The summed E-state index contributed by atoms with van der Waals surface area (Å²) >= 11 is 0. The fourth-order valence-corrected chi connectivity index (χ4v) is 3.57. The van der Waals surface area contributed by atoms with E-state index in [2.05, 4.69) is 17.1 Å². The highest BCUT2D eigenvalue weighted by Crippen LogP contribution is 2.28. The van der Waals surface area contributed by atoms with Gasteiger partial charge in [-0.1, -0.05) is 30.3 Å². The topological polar surface area (TPSA) is 71.0 Å². The highest BCUT2D eigenvalue weighted by molar-refractivity contribution is 5.94. The maximum Gasteiger partial charge on any atom is 0.254 e. The zero-order valence-electron chi connectivity index (χ0n) is 14.6. The van der Waals surface area contributed by atoms with Crippen molar-refractivity contribution in [2.75, 3.05) is 13.1 Å². The number of carbonyl (C=O) groups excluding carboxylic acids is 1. The van der Waals surface area contributed by atoms with Crippen molar-refractivity contribution < 1.29 is 4.79 Å². The molecule has 3 aromatic rings. The molecule has 1 amide bonds. The lowest BCUT2D eigenvalue weighted by Gasteiger charge is -2.20. The molecule has 3 heterocycles. The number of nitrogens with zero attached hydrogens (tertiary/aromatic N) is 3. The number of hydrogen-bond acceptors (Lipinski definition) is 3. The van der Waals surface area contributed by atoms with Gasteiger partial charge in [-0.25, -0.2) is 0 Å². The lowest BCUT2D eigenvalue weighted by atomic mass is 10.0. The highest BCUT2D eigenvalue weighted by Gasteiger charge is 2.25. The summed E-state index contributed by atoms with van der Waals surface area (Å²) in [5, 5.41) is 4.71. The molecule has 1 aliphatic rings. The van der Waals surface area contributed by atoms with Gasteiger partial charge in [0.1, 0.15) is 0 Å². The molecule has 4 rings (SSSR count). The zero-order valence-corrected chi connectivity index (χ0v) is 14.6. The molecule has 0 bridgehead atoms. The fourth-order valence-electron chi connectivity index (χ4n) is 3.57. The van der Waals surface area contributed by atoms with Gasteiger partial charge in [-0.05, 0) is 12.5 Å². The molecule has 0 unspecified atom stereocenters. The summed E-state index contributed by atoms with van der Waals surface area (Å²) in [4.78, 5) is 28.6. The molecule has 6 heteroatoms. The molecule has 1 aromatic carbocycles. The van der Waals surface area contributed by atoms with Crippen molar-refractivity contribution in [3.05, 3.63) is 75.8 Å². The van der Waals surface area contributed by atoms with Crippen LogP contribution in [-0.4, -0.2) is 38.7 Å². The number of rotatable bonds is 2. The average molecular weight is 348 g/mol. The number of aryl methyl sites for hydroxylation is 1. The third-order valence-electron chi connectivity index (χ3n) is 4.88. The van der Waals surface area contributed by atoms with E-state index in [4.69, 9.17) is 5.10 Å². The fraction of sp³-hybridized carbons (Fsp3) is 0.250. The lowest BCUT2D eigenvalue weighted by Crippen LogP contribution is -2.34. The van der Waals surface area contributed by atoms with E-state index in [1.54, 1.807) is 6.07 Å². The molecule has 2 aromatic heterocycles. The van der Waals surface area contributed by atoms with E-state index in [1.165, 1.54) is 23.5 Å². The first-order chi connectivity index (χ1) is 12.6. The average Bonchev–Trinajstić information content (AvgIpc) is 2.83. The zero-order chi connectivity index (χ0) is 18.1. The van der Waals surface area contributed by atoms with E-state index in [-0.39, 0.29) is 11.5 Å². The Morgan fingerprint density at radius 3 is 2.65 bits per heavy atom. The van der Waals surface area contributed by atoms with Crippen molar-refractivity contribution in [3.63, 3.8) is 0 Å². The third kappa shape index (κ3) is 2.94. The van der Waals surface area contributed by atoms with Gasteiger partial charge < -0.3 is 9.88 Å². The second-order valence-corrected chi connectivity index (χ2v) is 6.50. The number of fused-ring (bicyclic) bond motifs is 1. The molecule has 0 saturated carbocycles. The maximum absolute atomic E-state index is 12.8. The van der Waals surface area contributed by atoms with Crippen LogP contribution in [-0.2, 0) is 19.9 Å². The van der Waals surface area contributed by atoms with E-state index in [0.717, 1.165) is 24.1 Å². The summed E-state index contributed by atoms with van der Waals surface area (Å²) in [5.41, 5.74) is 4.64. The molecule has 0 atom stereocenters. The minimum atomic E-state index is -0.260. The van der Waals surface area contributed by atoms with Crippen LogP contribution in [0.25, 0.3) is 11.3 Å². The summed E-state index contributed by atoms with van der Waals surface area (Å²) in [6.45, 7) is 1.23. The van der Waals surface area contributed by atoms with Gasteiger partial charge >= 0.3 is 0 Å². The van der Waals surface area contributed by atoms with Crippen LogP contribution in [0.1, 0.15) is 21.6 Å². The highest BCUT2D eigenvalue weighted by atomic mass is 16.2. The van der Waals surface area contributed by atoms with Crippen molar-refractivity contribution in [1.29, 1.82) is 0 Å². The minimum Gasteiger partial charge on any atom is -0.338 e. The van der Waals surface area contributed by atoms with Crippen LogP contribution in [0.15, 0.2) is 53.5 Å². The van der Waals surface area contributed by atoms with Crippen LogP contribution >= 0.6 is 0 Å². The van der Waals surface area contributed by atoms with Crippen molar-refractivity contribution in [2.24, 2.45) is 7.05 Å². The molecule has 132 valence electrons. The van der Waals surface area contributed by atoms with Crippen LogP contribution in [0.5, 0.6) is 0 Å². The van der Waals surface area contributed by atoms with E-state index < -0.39 is 0 Å². The van der Waals surface area contributed by atoms with Crippen LogP contribution in [0.4, 0.5) is 0 Å². The predicted molar refractivity (Wildman–Crippen MR) is 99.0 cm³/mol. The number of pyridine rings is 1. The van der Waals surface area contributed by atoms with Crippen LogP contribution in [0.2, 0.25) is 0 Å². The Bertz CT molecular complexity index is 1000. The molecule has 26 heavy (non-hydrogen) atoms. The number of carbonyl (C=O) groups is 1. The van der Waals surface area contributed by atoms with Crippen molar-refractivity contribution >= 4 is 5.91 Å². The molecule has 0 fully saturated rings. The van der Waals surface area contributed by atoms with Crippen molar-refractivity contribution in [3.8, 4) is 11.3 Å². The Labute approximate surface area is 151 Å². The van der Waals surface area contributed by atoms with Gasteiger partial charge in [-0.3, -0.25) is 14.3 Å². The van der Waals surface area contributed by atoms with Gasteiger partial charge in [0, 0.05) is 61.2 Å². The first-order valence-electron chi connectivity index (χ1n) is 8.71. The smallest absolute Gasteiger partial charge is 0.254 e. The number of hydrogen-bond donors (Lipinski definition) is 1. The van der Waals surface area contributed by atoms with Gasteiger partial charge in [-0.15, -0.1) is 0 Å². The van der Waals surface area contributed by atoms with Gasteiger partial charge in [0.25, 0.3) is 5.91 Å². The second kappa shape index (κ2) is 6.63. The van der Waals surface area contributed by atoms with E-state index >= 15 is 0 Å². The second-order valence-electron chi connectivity index (χ2n) is 6.50. The molecule has 0 radical (unpaired) electrons. The van der Waals surface area contributed by atoms with E-state index in [1.807, 2.05) is 34.8 Å². The first kappa shape index (κ1) is 16.3. The Balaban J connectivity index is 1.62. The number of aromatic amines is 1. The molecule has 0 saturated heterocycles. The monoisotopic (exact) mass is 348 g/mol. The van der Waals surface area contributed by atoms with Gasteiger partial charge in [0.15, 0.2) is 0 Å². The van der Waals surface area contributed by atoms with E-state index in [9.17, 15) is 9.59 Å². The lowest BCUT2D eigenvalue weighted by molar-refractivity contribution is 0.0762. The normalized spacial score (nSPS) is 14.0. The quantitative estimate of drug-likeness (QED) is 0.770. The first-order valence-corrected chi connectivity index (χ1v) is 8.71. The van der Waals surface area contributed by atoms with E-state index in [0.29, 0.717) is 18.7 Å². The van der Waals surface area contributed by atoms with Crippen molar-refractivity contribution in [1.82, 2.24) is 19.7 Å². The third-order valence-corrected chi connectivity index (χ3v) is 4.88. The summed E-state index contributed by atoms with van der Waals surface area (Å²) in [6.07, 6.45) is 3.02. The number of amides is 1. The summed E-state index contributed by atoms with van der Waals surface area (Å²) in [5.74, 6) is -0.0990. The summed E-state index contributed by atoms with van der Waals surface area (Å²) in [7, 11) is 1.96.